The maximum Gasteiger partial charge on any atom is 0.304 e. The summed E-state index contributed by atoms with van der Waals surface area (Å²) in [5, 5.41) is 18.2. The number of phenols is 1. The van der Waals surface area contributed by atoms with E-state index in [1.807, 2.05) is 0 Å². The number of hydrogen-bond acceptors (Lipinski definition) is 2. The van der Waals surface area contributed by atoms with Crippen LogP contribution < -0.4 is 0 Å². The van der Waals surface area contributed by atoms with E-state index in [0.717, 1.165) is 0 Å². The van der Waals surface area contributed by atoms with Gasteiger partial charge in [-0.15, -0.1) is 0 Å². The molecule has 88 valence electrons. The molecule has 0 bridgehead atoms. The minimum atomic E-state index is -0.995. The standard InChI is InChI=1S/C12H15FO3/c1-7-4-8(14)5-9(11(7)13)12(2,3)6-10(15)16/h4-5,14H,6H2,1-3H3,(H,15,16). The van der Waals surface area contributed by atoms with Crippen LogP contribution in [0.4, 0.5) is 4.39 Å². The predicted octanol–water partition coefficient (Wildman–Crippen LogP) is 2.59. The number of benzene rings is 1. The van der Waals surface area contributed by atoms with Crippen LogP contribution in [0.3, 0.4) is 0 Å². The fourth-order valence-corrected chi connectivity index (χ4v) is 1.72. The molecule has 0 aliphatic rings. The van der Waals surface area contributed by atoms with E-state index in [0.29, 0.717) is 5.56 Å². The molecule has 3 nitrogen and oxygen atoms in total. The Morgan fingerprint density at radius 3 is 2.50 bits per heavy atom. The lowest BCUT2D eigenvalue weighted by atomic mass is 9.80. The third-order valence-electron chi connectivity index (χ3n) is 2.56. The largest absolute Gasteiger partial charge is 0.508 e. The SMILES string of the molecule is Cc1cc(O)cc(C(C)(C)CC(=O)O)c1F. The molecule has 0 amide bonds. The number of carbonyl (C=O) groups is 1. The van der Waals surface area contributed by atoms with E-state index >= 15 is 0 Å². The number of aryl methyl sites for hydroxylation is 1. The smallest absolute Gasteiger partial charge is 0.304 e. The summed E-state index contributed by atoms with van der Waals surface area (Å²) in [5.74, 6) is -1.50. The maximum atomic E-state index is 13.8. The number of carboxylic acids is 1. The number of phenolic OH excluding ortho intramolecular Hbond substituents is 1. The van der Waals surface area contributed by atoms with Gasteiger partial charge in [0, 0.05) is 5.41 Å². The molecule has 1 aromatic carbocycles. The van der Waals surface area contributed by atoms with Crippen LogP contribution in [0.1, 0.15) is 31.4 Å². The summed E-state index contributed by atoms with van der Waals surface area (Å²) in [6, 6.07) is 2.60. The second kappa shape index (κ2) is 4.12. The van der Waals surface area contributed by atoms with Crippen molar-refractivity contribution in [3.05, 3.63) is 29.1 Å². The Balaban J connectivity index is 3.26. The lowest BCUT2D eigenvalue weighted by molar-refractivity contribution is -0.138. The second-order valence-corrected chi connectivity index (χ2v) is 4.58. The molecule has 0 saturated carbocycles. The van der Waals surface area contributed by atoms with Gasteiger partial charge in [0.15, 0.2) is 0 Å². The molecule has 0 saturated heterocycles. The number of hydrogen-bond donors (Lipinski definition) is 2. The van der Waals surface area contributed by atoms with E-state index in [1.165, 1.54) is 19.1 Å². The number of halogens is 1. The number of rotatable bonds is 3. The van der Waals surface area contributed by atoms with Crippen LogP contribution in [-0.2, 0) is 10.2 Å². The van der Waals surface area contributed by atoms with Crippen LogP contribution in [0.15, 0.2) is 12.1 Å². The van der Waals surface area contributed by atoms with Crippen molar-refractivity contribution >= 4 is 5.97 Å². The van der Waals surface area contributed by atoms with Crippen LogP contribution in [0.2, 0.25) is 0 Å². The van der Waals surface area contributed by atoms with Crippen molar-refractivity contribution in [1.29, 1.82) is 0 Å². The van der Waals surface area contributed by atoms with Gasteiger partial charge in [0.25, 0.3) is 0 Å². The molecule has 0 unspecified atom stereocenters. The summed E-state index contributed by atoms with van der Waals surface area (Å²) in [6.45, 7) is 4.81. The van der Waals surface area contributed by atoms with Gasteiger partial charge in [-0.3, -0.25) is 4.79 Å². The average Bonchev–Trinajstić information content (AvgIpc) is 2.08. The van der Waals surface area contributed by atoms with Crippen molar-refractivity contribution in [2.75, 3.05) is 0 Å². The van der Waals surface area contributed by atoms with Gasteiger partial charge in [-0.25, -0.2) is 4.39 Å². The summed E-state index contributed by atoms with van der Waals surface area (Å²) < 4.78 is 13.8. The third-order valence-corrected chi connectivity index (χ3v) is 2.56. The molecule has 2 N–H and O–H groups in total. The summed E-state index contributed by atoms with van der Waals surface area (Å²) in [7, 11) is 0. The molecule has 0 atom stereocenters. The van der Waals surface area contributed by atoms with E-state index in [1.54, 1.807) is 13.8 Å². The second-order valence-electron chi connectivity index (χ2n) is 4.58. The monoisotopic (exact) mass is 226 g/mol. The molecule has 0 aromatic heterocycles. The Kier molecular flexibility index (Phi) is 3.21. The average molecular weight is 226 g/mol. The summed E-state index contributed by atoms with van der Waals surface area (Å²) in [6.07, 6.45) is -0.188. The van der Waals surface area contributed by atoms with Crippen molar-refractivity contribution in [2.45, 2.75) is 32.6 Å². The zero-order valence-corrected chi connectivity index (χ0v) is 9.54. The molecular weight excluding hydrogens is 211 g/mol. The molecule has 16 heavy (non-hydrogen) atoms. The quantitative estimate of drug-likeness (QED) is 0.832. The highest BCUT2D eigenvalue weighted by atomic mass is 19.1. The maximum absolute atomic E-state index is 13.8. The van der Waals surface area contributed by atoms with Gasteiger partial charge in [-0.1, -0.05) is 13.8 Å². The summed E-state index contributed by atoms with van der Waals surface area (Å²) >= 11 is 0. The topological polar surface area (TPSA) is 57.5 Å². The van der Waals surface area contributed by atoms with Gasteiger partial charge in [-0.2, -0.15) is 0 Å². The summed E-state index contributed by atoms with van der Waals surface area (Å²) in [5.41, 5.74) is -0.305. The first-order valence-electron chi connectivity index (χ1n) is 4.95. The molecule has 0 fully saturated rings. The highest BCUT2D eigenvalue weighted by Crippen LogP contribution is 2.33. The first-order chi connectivity index (χ1) is 7.24. The molecule has 0 heterocycles. The van der Waals surface area contributed by atoms with Crippen LogP contribution in [-0.4, -0.2) is 16.2 Å². The molecule has 1 rings (SSSR count). The van der Waals surface area contributed by atoms with Gasteiger partial charge in [0.1, 0.15) is 11.6 Å². The molecular formula is C12H15FO3. The Morgan fingerprint density at radius 2 is 2.00 bits per heavy atom. The minimum Gasteiger partial charge on any atom is -0.508 e. The third kappa shape index (κ3) is 2.51. The van der Waals surface area contributed by atoms with Crippen molar-refractivity contribution < 1.29 is 19.4 Å². The molecule has 0 aliphatic heterocycles. The van der Waals surface area contributed by atoms with E-state index in [4.69, 9.17) is 5.11 Å². The van der Waals surface area contributed by atoms with Gasteiger partial charge >= 0.3 is 5.97 Å². The van der Waals surface area contributed by atoms with Crippen molar-refractivity contribution in [3.63, 3.8) is 0 Å². The number of aliphatic carboxylic acids is 1. The molecule has 1 aromatic rings. The van der Waals surface area contributed by atoms with Crippen molar-refractivity contribution in [1.82, 2.24) is 0 Å². The molecule has 0 radical (unpaired) electrons. The Labute approximate surface area is 93.5 Å². The lowest BCUT2D eigenvalue weighted by Gasteiger charge is -2.24. The summed E-state index contributed by atoms with van der Waals surface area (Å²) in [4.78, 5) is 10.7. The van der Waals surface area contributed by atoms with Crippen molar-refractivity contribution in [3.8, 4) is 5.75 Å². The van der Waals surface area contributed by atoms with E-state index < -0.39 is 17.2 Å². The predicted molar refractivity (Wildman–Crippen MR) is 58.1 cm³/mol. The fraction of sp³-hybridized carbons (Fsp3) is 0.417. The van der Waals surface area contributed by atoms with E-state index in [9.17, 15) is 14.3 Å². The zero-order chi connectivity index (χ0) is 12.5. The van der Waals surface area contributed by atoms with E-state index in [-0.39, 0.29) is 17.7 Å². The van der Waals surface area contributed by atoms with Gasteiger partial charge in [-0.05, 0) is 30.2 Å². The Hall–Kier alpha value is -1.58. The first kappa shape index (κ1) is 12.5. The number of aromatic hydroxyl groups is 1. The lowest BCUT2D eigenvalue weighted by Crippen LogP contribution is -2.23. The van der Waals surface area contributed by atoms with Crippen LogP contribution in [0, 0.1) is 12.7 Å². The van der Waals surface area contributed by atoms with Gasteiger partial charge in [0.05, 0.1) is 6.42 Å². The van der Waals surface area contributed by atoms with Gasteiger partial charge in [0.2, 0.25) is 0 Å². The zero-order valence-electron chi connectivity index (χ0n) is 9.54. The first-order valence-corrected chi connectivity index (χ1v) is 4.95. The fourth-order valence-electron chi connectivity index (χ4n) is 1.72. The molecule has 0 aliphatic carbocycles. The van der Waals surface area contributed by atoms with E-state index in [2.05, 4.69) is 0 Å². The number of carboxylic acid groups (broad SMARTS) is 1. The van der Waals surface area contributed by atoms with Gasteiger partial charge < -0.3 is 10.2 Å². The Bertz CT molecular complexity index is 425. The normalized spacial score (nSPS) is 11.5. The van der Waals surface area contributed by atoms with Crippen molar-refractivity contribution in [2.24, 2.45) is 0 Å². The molecule has 0 spiro atoms. The molecule has 4 heteroatoms. The van der Waals surface area contributed by atoms with Crippen LogP contribution >= 0.6 is 0 Å². The highest BCUT2D eigenvalue weighted by molar-refractivity contribution is 5.69. The van der Waals surface area contributed by atoms with Crippen LogP contribution in [0.5, 0.6) is 5.75 Å². The Morgan fingerprint density at radius 1 is 1.44 bits per heavy atom. The minimum absolute atomic E-state index is 0.0487. The van der Waals surface area contributed by atoms with Crippen LogP contribution in [0.25, 0.3) is 0 Å². The highest BCUT2D eigenvalue weighted by Gasteiger charge is 2.28.